The van der Waals surface area contributed by atoms with Crippen LogP contribution in [0.1, 0.15) is 12.8 Å². The maximum Gasteiger partial charge on any atom is 0.135 e. The molecule has 0 saturated carbocycles. The summed E-state index contributed by atoms with van der Waals surface area (Å²) in [4.78, 5) is 0. The number of unbranched alkanes of at least 4 members (excludes halogenated alkanes) is 1. The first-order valence-corrected chi connectivity index (χ1v) is 7.78. The summed E-state index contributed by atoms with van der Waals surface area (Å²) in [6.07, 6.45) is 3.62. The zero-order valence-electron chi connectivity index (χ0n) is 12.6. The van der Waals surface area contributed by atoms with Gasteiger partial charge in [-0.25, -0.2) is 0 Å². The van der Waals surface area contributed by atoms with Crippen LogP contribution in [-0.4, -0.2) is 26.7 Å². The number of fused-ring (bicyclic) bond motifs is 3. The first-order valence-electron chi connectivity index (χ1n) is 7.78. The zero-order chi connectivity index (χ0) is 15.6. The minimum atomic E-state index is 0.214. The van der Waals surface area contributed by atoms with Crippen LogP contribution in [0.4, 0.5) is 0 Å². The topological polar surface area (TPSA) is 64.1 Å². The molecule has 0 fully saturated rings. The third-order valence-electron chi connectivity index (χ3n) is 4.01. The normalized spacial score (nSPS) is 11.5. The molecular formula is C18H17N3O2. The van der Waals surface area contributed by atoms with Gasteiger partial charge in [-0.2, -0.15) is 0 Å². The summed E-state index contributed by atoms with van der Waals surface area (Å²) in [5.41, 5.74) is 3.65. The SMILES string of the molecule is OCCCCn1cc(-c2ccc3oc4ccccc4c3c2)nn1. The number of furan rings is 1. The predicted octanol–water partition coefficient (Wildman–Crippen LogP) is 3.62. The van der Waals surface area contributed by atoms with Crippen LogP contribution in [0.3, 0.4) is 0 Å². The first kappa shape index (κ1) is 14.0. The second-order valence-electron chi connectivity index (χ2n) is 5.61. The van der Waals surface area contributed by atoms with Crippen molar-refractivity contribution < 1.29 is 9.52 Å². The standard InChI is InChI=1S/C18H17N3O2/c22-10-4-3-9-21-12-16(19-20-21)13-7-8-18-15(11-13)14-5-1-2-6-17(14)23-18/h1-2,5-8,11-12,22H,3-4,9-10H2. The van der Waals surface area contributed by atoms with Crippen molar-refractivity contribution in [2.75, 3.05) is 6.61 Å². The molecule has 0 bridgehead atoms. The Morgan fingerprint density at radius 3 is 2.78 bits per heavy atom. The number of benzene rings is 2. The second kappa shape index (κ2) is 5.85. The molecule has 5 heteroatoms. The molecule has 0 aliphatic carbocycles. The first-order chi connectivity index (χ1) is 11.3. The van der Waals surface area contributed by atoms with Crippen LogP contribution in [0.15, 0.2) is 53.1 Å². The van der Waals surface area contributed by atoms with Gasteiger partial charge in [0, 0.05) is 29.5 Å². The number of hydrogen-bond acceptors (Lipinski definition) is 4. The van der Waals surface area contributed by atoms with Crippen LogP contribution in [-0.2, 0) is 6.54 Å². The summed E-state index contributed by atoms with van der Waals surface area (Å²) in [5.74, 6) is 0. The maximum absolute atomic E-state index is 8.84. The molecule has 1 N–H and O–H groups in total. The lowest BCUT2D eigenvalue weighted by Gasteiger charge is -1.98. The van der Waals surface area contributed by atoms with E-state index in [1.54, 1.807) is 0 Å². The molecule has 4 aromatic rings. The Morgan fingerprint density at radius 2 is 1.87 bits per heavy atom. The fourth-order valence-electron chi connectivity index (χ4n) is 2.81. The molecule has 4 rings (SSSR count). The summed E-state index contributed by atoms with van der Waals surface area (Å²) >= 11 is 0. The number of aryl methyl sites for hydroxylation is 1. The van der Waals surface area contributed by atoms with Gasteiger partial charge in [0.25, 0.3) is 0 Å². The molecule has 23 heavy (non-hydrogen) atoms. The molecule has 0 aliphatic heterocycles. The van der Waals surface area contributed by atoms with E-state index in [-0.39, 0.29) is 6.61 Å². The van der Waals surface area contributed by atoms with Crippen LogP contribution < -0.4 is 0 Å². The summed E-state index contributed by atoms with van der Waals surface area (Å²) in [7, 11) is 0. The van der Waals surface area contributed by atoms with E-state index in [4.69, 9.17) is 9.52 Å². The van der Waals surface area contributed by atoms with Crippen LogP contribution in [0, 0.1) is 0 Å². The summed E-state index contributed by atoms with van der Waals surface area (Å²) in [6, 6.07) is 14.1. The molecular weight excluding hydrogens is 290 g/mol. The fraction of sp³-hybridized carbons (Fsp3) is 0.222. The highest BCUT2D eigenvalue weighted by Gasteiger charge is 2.10. The molecule has 2 aromatic heterocycles. The van der Waals surface area contributed by atoms with E-state index in [9.17, 15) is 0 Å². The number of aliphatic hydroxyl groups excluding tert-OH is 1. The van der Waals surface area contributed by atoms with Gasteiger partial charge in [-0.05, 0) is 37.1 Å². The summed E-state index contributed by atoms with van der Waals surface area (Å²) < 4.78 is 7.67. The van der Waals surface area contributed by atoms with Crippen molar-refractivity contribution in [1.82, 2.24) is 15.0 Å². The predicted molar refractivity (Wildman–Crippen MR) is 89.1 cm³/mol. The molecule has 0 saturated heterocycles. The Labute approximate surface area is 133 Å². The monoisotopic (exact) mass is 307 g/mol. The smallest absolute Gasteiger partial charge is 0.135 e. The van der Waals surface area contributed by atoms with Crippen LogP contribution in [0.2, 0.25) is 0 Å². The highest BCUT2D eigenvalue weighted by molar-refractivity contribution is 6.06. The van der Waals surface area contributed by atoms with Gasteiger partial charge in [0.05, 0.1) is 6.20 Å². The minimum Gasteiger partial charge on any atom is -0.456 e. The Bertz CT molecular complexity index is 955. The van der Waals surface area contributed by atoms with Crippen molar-refractivity contribution in [2.45, 2.75) is 19.4 Å². The van der Waals surface area contributed by atoms with Crippen molar-refractivity contribution in [3.05, 3.63) is 48.7 Å². The Morgan fingerprint density at radius 1 is 1.00 bits per heavy atom. The lowest BCUT2D eigenvalue weighted by atomic mass is 10.1. The van der Waals surface area contributed by atoms with Gasteiger partial charge in [0.2, 0.25) is 0 Å². The van der Waals surface area contributed by atoms with Crippen LogP contribution >= 0.6 is 0 Å². The highest BCUT2D eigenvalue weighted by Crippen LogP contribution is 2.31. The lowest BCUT2D eigenvalue weighted by Crippen LogP contribution is -1.99. The van der Waals surface area contributed by atoms with Gasteiger partial charge in [0.1, 0.15) is 16.9 Å². The number of rotatable bonds is 5. The van der Waals surface area contributed by atoms with Gasteiger partial charge < -0.3 is 9.52 Å². The molecule has 0 unspecified atom stereocenters. The zero-order valence-corrected chi connectivity index (χ0v) is 12.6. The van der Waals surface area contributed by atoms with E-state index in [0.29, 0.717) is 0 Å². The highest BCUT2D eigenvalue weighted by atomic mass is 16.3. The third-order valence-corrected chi connectivity index (χ3v) is 4.01. The molecule has 0 atom stereocenters. The molecule has 5 nitrogen and oxygen atoms in total. The van der Waals surface area contributed by atoms with E-state index in [2.05, 4.69) is 22.4 Å². The average molecular weight is 307 g/mol. The van der Waals surface area contributed by atoms with Crippen molar-refractivity contribution in [3.8, 4) is 11.3 Å². The number of para-hydroxylation sites is 1. The van der Waals surface area contributed by atoms with Crippen LogP contribution in [0.25, 0.3) is 33.2 Å². The molecule has 0 amide bonds. The molecule has 2 heterocycles. The molecule has 0 radical (unpaired) electrons. The Kier molecular flexibility index (Phi) is 3.55. The minimum absolute atomic E-state index is 0.214. The number of aliphatic hydroxyl groups is 1. The molecule has 2 aromatic carbocycles. The fourth-order valence-corrected chi connectivity index (χ4v) is 2.81. The van der Waals surface area contributed by atoms with E-state index in [1.165, 1.54) is 0 Å². The van der Waals surface area contributed by atoms with Gasteiger partial charge in [-0.15, -0.1) is 5.10 Å². The van der Waals surface area contributed by atoms with Crippen molar-refractivity contribution >= 4 is 21.9 Å². The average Bonchev–Trinajstić information content (AvgIpc) is 3.19. The van der Waals surface area contributed by atoms with Gasteiger partial charge in [-0.1, -0.05) is 23.4 Å². The van der Waals surface area contributed by atoms with Crippen molar-refractivity contribution in [2.24, 2.45) is 0 Å². The quantitative estimate of drug-likeness (QED) is 0.572. The molecule has 0 aliphatic rings. The number of aromatic nitrogens is 3. The molecule has 116 valence electrons. The maximum atomic E-state index is 8.84. The second-order valence-corrected chi connectivity index (χ2v) is 5.61. The summed E-state index contributed by atoms with van der Waals surface area (Å²) in [5, 5.41) is 19.5. The van der Waals surface area contributed by atoms with Gasteiger partial charge >= 0.3 is 0 Å². The van der Waals surface area contributed by atoms with E-state index < -0.39 is 0 Å². The Hall–Kier alpha value is -2.66. The largest absolute Gasteiger partial charge is 0.456 e. The Balaban J connectivity index is 1.70. The third kappa shape index (κ3) is 2.59. The van der Waals surface area contributed by atoms with Gasteiger partial charge in [-0.3, -0.25) is 4.68 Å². The van der Waals surface area contributed by atoms with E-state index in [0.717, 1.165) is 52.6 Å². The summed E-state index contributed by atoms with van der Waals surface area (Å²) in [6.45, 7) is 0.982. The van der Waals surface area contributed by atoms with Crippen molar-refractivity contribution in [3.63, 3.8) is 0 Å². The van der Waals surface area contributed by atoms with E-state index >= 15 is 0 Å². The van der Waals surface area contributed by atoms with Crippen molar-refractivity contribution in [1.29, 1.82) is 0 Å². The lowest BCUT2D eigenvalue weighted by molar-refractivity contribution is 0.280. The van der Waals surface area contributed by atoms with E-state index in [1.807, 2.05) is 41.2 Å². The number of hydrogen-bond donors (Lipinski definition) is 1. The van der Waals surface area contributed by atoms with Gasteiger partial charge in [0.15, 0.2) is 0 Å². The number of nitrogens with zero attached hydrogens (tertiary/aromatic N) is 3. The van der Waals surface area contributed by atoms with Crippen LogP contribution in [0.5, 0.6) is 0 Å². The molecule has 0 spiro atoms.